The monoisotopic (exact) mass is 294 g/mol. The van der Waals surface area contributed by atoms with Crippen molar-refractivity contribution in [2.24, 2.45) is 0 Å². The molecule has 1 saturated heterocycles. The molecular weight excluding hydrogens is 267 g/mol. The summed E-state index contributed by atoms with van der Waals surface area (Å²) in [5.41, 5.74) is 1.91. The molecule has 2 unspecified atom stereocenters. The van der Waals surface area contributed by atoms with Crippen LogP contribution in [-0.2, 0) is 17.8 Å². The van der Waals surface area contributed by atoms with E-state index >= 15 is 0 Å². The van der Waals surface area contributed by atoms with Gasteiger partial charge in [0.2, 0.25) is 0 Å². The van der Waals surface area contributed by atoms with Crippen molar-refractivity contribution in [3.63, 3.8) is 0 Å². The summed E-state index contributed by atoms with van der Waals surface area (Å²) in [5, 5.41) is 3.36. The Bertz CT molecular complexity index is 452. The summed E-state index contributed by atoms with van der Waals surface area (Å²) in [4.78, 5) is 2.21. The molecule has 3 nitrogen and oxygen atoms in total. The second-order valence-electron chi connectivity index (χ2n) is 5.95. The number of hydrogen-bond acceptors (Lipinski definition) is 3. The fourth-order valence-electron chi connectivity index (χ4n) is 2.95. The first-order chi connectivity index (χ1) is 10.1. The SMILES string of the molecule is CCCNCc1ccc(F)c(CN(C)C2CCOC2C)c1. The topological polar surface area (TPSA) is 24.5 Å². The molecule has 1 aliphatic rings. The Morgan fingerprint density at radius 3 is 2.90 bits per heavy atom. The standard InChI is InChI=1S/C17H27FN2O/c1-4-8-19-11-14-5-6-16(18)15(10-14)12-20(3)17-7-9-21-13(17)2/h5-6,10,13,17,19H,4,7-9,11-12H2,1-3H3. The molecule has 21 heavy (non-hydrogen) atoms. The predicted octanol–water partition coefficient (Wildman–Crippen LogP) is 2.93. The van der Waals surface area contributed by atoms with Crippen molar-refractivity contribution in [2.45, 2.75) is 51.9 Å². The van der Waals surface area contributed by atoms with Crippen LogP contribution in [0.5, 0.6) is 0 Å². The van der Waals surface area contributed by atoms with Gasteiger partial charge in [0.05, 0.1) is 6.10 Å². The van der Waals surface area contributed by atoms with Crippen molar-refractivity contribution in [2.75, 3.05) is 20.2 Å². The van der Waals surface area contributed by atoms with Crippen molar-refractivity contribution in [1.82, 2.24) is 10.2 Å². The highest BCUT2D eigenvalue weighted by Crippen LogP contribution is 2.21. The van der Waals surface area contributed by atoms with Gasteiger partial charge < -0.3 is 10.1 Å². The lowest BCUT2D eigenvalue weighted by Gasteiger charge is -2.26. The quantitative estimate of drug-likeness (QED) is 0.783. The molecule has 118 valence electrons. The number of halogens is 1. The molecule has 2 atom stereocenters. The molecule has 0 aromatic heterocycles. The molecule has 1 N–H and O–H groups in total. The molecule has 1 fully saturated rings. The zero-order valence-electron chi connectivity index (χ0n) is 13.4. The van der Waals surface area contributed by atoms with Gasteiger partial charge in [-0.3, -0.25) is 4.90 Å². The number of likely N-dealkylation sites (N-methyl/N-ethyl adjacent to an activating group) is 1. The number of benzene rings is 1. The van der Waals surface area contributed by atoms with Crippen LogP contribution in [0.1, 0.15) is 37.8 Å². The van der Waals surface area contributed by atoms with E-state index in [4.69, 9.17) is 4.74 Å². The summed E-state index contributed by atoms with van der Waals surface area (Å²) in [6.45, 7) is 7.46. The van der Waals surface area contributed by atoms with Crippen LogP contribution in [0.4, 0.5) is 4.39 Å². The van der Waals surface area contributed by atoms with Gasteiger partial charge in [-0.05, 0) is 45.0 Å². The van der Waals surface area contributed by atoms with Gasteiger partial charge in [0.1, 0.15) is 5.82 Å². The molecule has 4 heteroatoms. The van der Waals surface area contributed by atoms with E-state index in [0.717, 1.165) is 43.7 Å². The van der Waals surface area contributed by atoms with Gasteiger partial charge in [-0.2, -0.15) is 0 Å². The second kappa shape index (κ2) is 7.87. The molecule has 0 spiro atoms. The summed E-state index contributed by atoms with van der Waals surface area (Å²) in [6, 6.07) is 5.81. The van der Waals surface area contributed by atoms with Crippen molar-refractivity contribution in [3.8, 4) is 0 Å². The van der Waals surface area contributed by atoms with Gasteiger partial charge in [-0.25, -0.2) is 4.39 Å². The average Bonchev–Trinajstić information content (AvgIpc) is 2.89. The maximum atomic E-state index is 14.0. The van der Waals surface area contributed by atoms with Crippen LogP contribution in [0.25, 0.3) is 0 Å². The molecule has 0 aliphatic carbocycles. The normalized spacial score (nSPS) is 22.1. The van der Waals surface area contributed by atoms with Crippen LogP contribution in [0.3, 0.4) is 0 Å². The van der Waals surface area contributed by atoms with Gasteiger partial charge in [0, 0.05) is 31.3 Å². The average molecular weight is 294 g/mol. The van der Waals surface area contributed by atoms with Crippen molar-refractivity contribution in [3.05, 3.63) is 35.1 Å². The highest BCUT2D eigenvalue weighted by molar-refractivity contribution is 5.25. The number of nitrogens with one attached hydrogen (secondary N) is 1. The van der Waals surface area contributed by atoms with Crippen LogP contribution in [0.2, 0.25) is 0 Å². The lowest BCUT2D eigenvalue weighted by molar-refractivity contribution is 0.0810. The van der Waals surface area contributed by atoms with Crippen molar-refractivity contribution in [1.29, 1.82) is 0 Å². The van der Waals surface area contributed by atoms with E-state index < -0.39 is 0 Å². The summed E-state index contributed by atoms with van der Waals surface area (Å²) < 4.78 is 19.6. The molecule has 0 amide bonds. The maximum Gasteiger partial charge on any atom is 0.127 e. The van der Waals surface area contributed by atoms with E-state index in [1.807, 2.05) is 12.1 Å². The molecular formula is C17H27FN2O. The third-order valence-corrected chi connectivity index (χ3v) is 4.19. The van der Waals surface area contributed by atoms with Gasteiger partial charge in [-0.15, -0.1) is 0 Å². The first-order valence-electron chi connectivity index (χ1n) is 7.91. The second-order valence-corrected chi connectivity index (χ2v) is 5.95. The van der Waals surface area contributed by atoms with E-state index in [2.05, 4.69) is 31.1 Å². The Kier molecular flexibility index (Phi) is 6.15. The van der Waals surface area contributed by atoms with Crippen LogP contribution < -0.4 is 5.32 Å². The van der Waals surface area contributed by atoms with E-state index in [1.54, 1.807) is 6.07 Å². The number of nitrogens with zero attached hydrogens (tertiary/aromatic N) is 1. The largest absolute Gasteiger partial charge is 0.377 e. The molecule has 0 radical (unpaired) electrons. The van der Waals surface area contributed by atoms with E-state index in [1.165, 1.54) is 0 Å². The van der Waals surface area contributed by atoms with E-state index in [-0.39, 0.29) is 11.9 Å². The summed E-state index contributed by atoms with van der Waals surface area (Å²) in [7, 11) is 2.05. The highest BCUT2D eigenvalue weighted by atomic mass is 19.1. The minimum Gasteiger partial charge on any atom is -0.377 e. The molecule has 2 rings (SSSR count). The van der Waals surface area contributed by atoms with Crippen molar-refractivity contribution >= 4 is 0 Å². The Morgan fingerprint density at radius 2 is 2.24 bits per heavy atom. The van der Waals surface area contributed by atoms with Crippen LogP contribution in [-0.4, -0.2) is 37.2 Å². The minimum absolute atomic E-state index is 0.118. The molecule has 0 saturated carbocycles. The Morgan fingerprint density at radius 1 is 1.43 bits per heavy atom. The smallest absolute Gasteiger partial charge is 0.127 e. The van der Waals surface area contributed by atoms with E-state index in [9.17, 15) is 4.39 Å². The first-order valence-corrected chi connectivity index (χ1v) is 7.91. The maximum absolute atomic E-state index is 14.0. The third kappa shape index (κ3) is 4.50. The molecule has 1 aromatic rings. The number of rotatable bonds is 7. The van der Waals surface area contributed by atoms with Gasteiger partial charge in [0.15, 0.2) is 0 Å². The Balaban J connectivity index is 1.99. The van der Waals surface area contributed by atoms with E-state index in [0.29, 0.717) is 12.6 Å². The third-order valence-electron chi connectivity index (χ3n) is 4.19. The number of ether oxygens (including phenoxy) is 1. The predicted molar refractivity (Wildman–Crippen MR) is 83.7 cm³/mol. The van der Waals surface area contributed by atoms with Gasteiger partial charge in [-0.1, -0.05) is 19.1 Å². The minimum atomic E-state index is -0.118. The lowest BCUT2D eigenvalue weighted by Crippen LogP contribution is -2.36. The molecule has 1 aromatic carbocycles. The van der Waals surface area contributed by atoms with Crippen LogP contribution >= 0.6 is 0 Å². The lowest BCUT2D eigenvalue weighted by atomic mass is 10.1. The molecule has 1 heterocycles. The zero-order chi connectivity index (χ0) is 15.2. The highest BCUT2D eigenvalue weighted by Gasteiger charge is 2.28. The first kappa shape index (κ1) is 16.4. The Labute approximate surface area is 127 Å². The van der Waals surface area contributed by atoms with Gasteiger partial charge in [0.25, 0.3) is 0 Å². The van der Waals surface area contributed by atoms with Crippen molar-refractivity contribution < 1.29 is 9.13 Å². The number of hydrogen-bond donors (Lipinski definition) is 1. The molecule has 0 bridgehead atoms. The van der Waals surface area contributed by atoms with Crippen LogP contribution in [0.15, 0.2) is 18.2 Å². The fraction of sp³-hybridized carbons (Fsp3) is 0.647. The van der Waals surface area contributed by atoms with Gasteiger partial charge >= 0.3 is 0 Å². The molecule has 1 aliphatic heterocycles. The zero-order valence-corrected chi connectivity index (χ0v) is 13.4. The van der Waals surface area contributed by atoms with Crippen LogP contribution in [0, 0.1) is 5.82 Å². The summed E-state index contributed by atoms with van der Waals surface area (Å²) >= 11 is 0. The summed E-state index contributed by atoms with van der Waals surface area (Å²) in [6.07, 6.45) is 2.36. The summed E-state index contributed by atoms with van der Waals surface area (Å²) in [5.74, 6) is -0.118. The fourth-order valence-corrected chi connectivity index (χ4v) is 2.95. The Hall–Kier alpha value is -0.970.